The van der Waals surface area contributed by atoms with Crippen molar-refractivity contribution in [1.82, 2.24) is 25.6 Å². The summed E-state index contributed by atoms with van der Waals surface area (Å²) in [6.07, 6.45) is 11.3. The number of hydrogen-bond donors (Lipinski definition) is 3. The monoisotopic (exact) mass is 549 g/mol. The van der Waals surface area contributed by atoms with Crippen LogP contribution < -0.4 is 16.7 Å². The number of nitrogens with zero attached hydrogens (tertiary/aromatic N) is 4. The number of amides is 1. The molecule has 3 heterocycles. The molecule has 3 aliphatic rings. The standard InChI is InChI=1S/C29H30F3N7O/c1-29(12-9-18(10-13-29)38-16-25(17-5-6-17)39(33)37-38)19-11-14-34-15-24(19)36-28(40)23-8-7-22(32)27(35-23)26-20(30)3-2-4-21(26)31/h2-4,7-8,11,14-18,37H,5-6,9-10,12-13,33H2,1H3,(H,36,40). The zero-order valence-corrected chi connectivity index (χ0v) is 22.0. The Morgan fingerprint density at radius 1 is 1.05 bits per heavy atom. The number of hydrogen-bond acceptors (Lipinski definition) is 7. The average molecular weight is 550 g/mol. The molecule has 1 amide bonds. The molecule has 2 aliphatic carbocycles. The number of nitrogens with two attached hydrogens (primary N) is 1. The molecule has 40 heavy (non-hydrogen) atoms. The average Bonchev–Trinajstić information content (AvgIpc) is 3.71. The predicted octanol–water partition coefficient (Wildman–Crippen LogP) is 5.18. The van der Waals surface area contributed by atoms with Crippen LogP contribution in [0.3, 0.4) is 0 Å². The second-order valence-electron chi connectivity index (χ2n) is 11.0. The van der Waals surface area contributed by atoms with Crippen LogP contribution in [-0.2, 0) is 5.41 Å². The van der Waals surface area contributed by atoms with E-state index in [2.05, 4.69) is 39.0 Å². The Kier molecular flexibility index (Phi) is 6.71. The number of pyridine rings is 2. The summed E-state index contributed by atoms with van der Waals surface area (Å²) >= 11 is 0. The fraction of sp³-hybridized carbons (Fsp3) is 0.345. The van der Waals surface area contributed by atoms with Crippen LogP contribution in [0.2, 0.25) is 0 Å². The zero-order chi connectivity index (χ0) is 28.0. The highest BCUT2D eigenvalue weighted by Gasteiger charge is 2.39. The van der Waals surface area contributed by atoms with Crippen LogP contribution in [0.25, 0.3) is 11.3 Å². The van der Waals surface area contributed by atoms with Gasteiger partial charge in [-0.2, -0.15) is 0 Å². The Hall–Kier alpha value is -3.96. The fourth-order valence-corrected chi connectivity index (χ4v) is 5.75. The topological polar surface area (TPSA) is 99.4 Å². The molecule has 3 aromatic rings. The minimum absolute atomic E-state index is 0.174. The first-order chi connectivity index (χ1) is 19.2. The molecule has 1 aliphatic heterocycles. The van der Waals surface area contributed by atoms with Gasteiger partial charge in [-0.15, -0.1) is 5.53 Å². The number of hydrazine groups is 3. The van der Waals surface area contributed by atoms with Crippen LogP contribution in [0.5, 0.6) is 0 Å². The number of carbonyl (C=O) groups excluding carboxylic acids is 1. The number of carbonyl (C=O) groups is 1. The highest BCUT2D eigenvalue weighted by atomic mass is 19.1. The van der Waals surface area contributed by atoms with Gasteiger partial charge in [0.25, 0.3) is 5.91 Å². The summed E-state index contributed by atoms with van der Waals surface area (Å²) in [5, 5.41) is 6.58. The number of aromatic nitrogens is 2. The number of nitrogens with one attached hydrogen (secondary N) is 2. The van der Waals surface area contributed by atoms with Gasteiger partial charge in [-0.05, 0) is 79.8 Å². The first-order valence-corrected chi connectivity index (χ1v) is 13.4. The van der Waals surface area contributed by atoms with E-state index in [9.17, 15) is 18.0 Å². The van der Waals surface area contributed by atoms with E-state index in [-0.39, 0.29) is 17.2 Å². The molecule has 2 fully saturated rings. The molecule has 0 saturated heterocycles. The first-order valence-electron chi connectivity index (χ1n) is 13.4. The van der Waals surface area contributed by atoms with Gasteiger partial charge in [-0.25, -0.2) is 29.1 Å². The van der Waals surface area contributed by atoms with E-state index >= 15 is 0 Å². The van der Waals surface area contributed by atoms with Gasteiger partial charge in [0.2, 0.25) is 0 Å². The molecule has 0 radical (unpaired) electrons. The summed E-state index contributed by atoms with van der Waals surface area (Å²) < 4.78 is 43.2. The van der Waals surface area contributed by atoms with Gasteiger partial charge in [-0.3, -0.25) is 14.8 Å². The van der Waals surface area contributed by atoms with E-state index in [1.54, 1.807) is 17.5 Å². The van der Waals surface area contributed by atoms with Gasteiger partial charge in [0.15, 0.2) is 0 Å². The van der Waals surface area contributed by atoms with Crippen molar-refractivity contribution in [2.45, 2.75) is 56.9 Å². The zero-order valence-electron chi connectivity index (χ0n) is 22.0. The maximum absolute atomic E-state index is 14.5. The summed E-state index contributed by atoms with van der Waals surface area (Å²) in [4.78, 5) is 21.4. The lowest BCUT2D eigenvalue weighted by Gasteiger charge is -2.41. The largest absolute Gasteiger partial charge is 0.319 e. The van der Waals surface area contributed by atoms with Crippen LogP contribution >= 0.6 is 0 Å². The molecular weight excluding hydrogens is 519 g/mol. The van der Waals surface area contributed by atoms with Crippen molar-refractivity contribution in [2.75, 3.05) is 5.32 Å². The Balaban J connectivity index is 1.19. The van der Waals surface area contributed by atoms with Crippen LogP contribution in [0.15, 0.2) is 60.7 Å². The molecule has 2 aromatic heterocycles. The summed E-state index contributed by atoms with van der Waals surface area (Å²) in [5.74, 6) is 3.18. The van der Waals surface area contributed by atoms with Gasteiger partial charge in [0.05, 0.1) is 23.1 Å². The number of anilines is 1. The molecular formula is C29H30F3N7O. The fourth-order valence-electron chi connectivity index (χ4n) is 5.75. The second kappa shape index (κ2) is 10.2. The van der Waals surface area contributed by atoms with Crippen molar-refractivity contribution >= 4 is 11.6 Å². The molecule has 1 aromatic carbocycles. The van der Waals surface area contributed by atoms with E-state index < -0.39 is 34.6 Å². The maximum atomic E-state index is 14.5. The van der Waals surface area contributed by atoms with E-state index in [0.717, 1.165) is 55.1 Å². The van der Waals surface area contributed by atoms with Crippen molar-refractivity contribution in [3.8, 4) is 11.3 Å². The summed E-state index contributed by atoms with van der Waals surface area (Å²) in [7, 11) is 0. The third kappa shape index (κ3) is 4.90. The highest BCUT2D eigenvalue weighted by molar-refractivity contribution is 6.03. The van der Waals surface area contributed by atoms with E-state index in [1.807, 2.05) is 6.07 Å². The van der Waals surface area contributed by atoms with Crippen molar-refractivity contribution in [2.24, 2.45) is 11.8 Å². The van der Waals surface area contributed by atoms with Gasteiger partial charge in [-0.1, -0.05) is 13.0 Å². The van der Waals surface area contributed by atoms with Gasteiger partial charge in [0.1, 0.15) is 28.8 Å². The molecule has 0 unspecified atom stereocenters. The van der Waals surface area contributed by atoms with Crippen molar-refractivity contribution in [1.29, 1.82) is 0 Å². The molecule has 11 heteroatoms. The lowest BCUT2D eigenvalue weighted by molar-refractivity contribution is 0.0613. The highest BCUT2D eigenvalue weighted by Crippen LogP contribution is 2.44. The third-order valence-corrected chi connectivity index (χ3v) is 8.22. The molecule has 0 atom stereocenters. The molecule has 4 N–H and O–H groups in total. The summed E-state index contributed by atoms with van der Waals surface area (Å²) in [5.41, 5.74) is 4.23. The number of halogens is 3. The Morgan fingerprint density at radius 3 is 2.48 bits per heavy atom. The van der Waals surface area contributed by atoms with Crippen molar-refractivity contribution < 1.29 is 18.0 Å². The van der Waals surface area contributed by atoms with Crippen LogP contribution in [0, 0.1) is 23.4 Å². The number of benzene rings is 1. The molecule has 0 spiro atoms. The molecule has 8 nitrogen and oxygen atoms in total. The lowest BCUT2D eigenvalue weighted by atomic mass is 9.69. The lowest BCUT2D eigenvalue weighted by Crippen LogP contribution is -2.50. The predicted molar refractivity (Wildman–Crippen MR) is 143 cm³/mol. The van der Waals surface area contributed by atoms with Gasteiger partial charge >= 0.3 is 0 Å². The maximum Gasteiger partial charge on any atom is 0.274 e. The molecule has 208 valence electrons. The van der Waals surface area contributed by atoms with Crippen molar-refractivity contribution in [3.63, 3.8) is 0 Å². The van der Waals surface area contributed by atoms with Gasteiger partial charge < -0.3 is 5.32 Å². The van der Waals surface area contributed by atoms with Crippen molar-refractivity contribution in [3.05, 3.63) is 89.4 Å². The Morgan fingerprint density at radius 2 is 1.77 bits per heavy atom. The third-order valence-electron chi connectivity index (χ3n) is 8.22. The first kappa shape index (κ1) is 26.3. The number of rotatable bonds is 6. The molecule has 2 saturated carbocycles. The quantitative estimate of drug-likeness (QED) is 0.365. The normalized spacial score (nSPS) is 22.8. The van der Waals surface area contributed by atoms with Gasteiger partial charge in [0, 0.05) is 24.4 Å². The van der Waals surface area contributed by atoms with E-state index in [4.69, 9.17) is 5.84 Å². The smallest absolute Gasteiger partial charge is 0.274 e. The minimum atomic E-state index is -0.968. The second-order valence-corrected chi connectivity index (χ2v) is 11.0. The SMILES string of the molecule is CC1(c2ccncc2NC(=O)c2ccc(F)c(-c3c(F)cccc3F)n2)CCC(N2C=C(C3CC3)N(N)N2)CC1. The van der Waals surface area contributed by atoms with Crippen LogP contribution in [0.1, 0.15) is 61.5 Å². The van der Waals surface area contributed by atoms with E-state index in [1.165, 1.54) is 25.0 Å². The Labute approximate surface area is 230 Å². The summed E-state index contributed by atoms with van der Waals surface area (Å²) in [6.45, 7) is 2.17. The van der Waals surface area contributed by atoms with Crippen LogP contribution in [-0.4, -0.2) is 32.0 Å². The summed E-state index contributed by atoms with van der Waals surface area (Å²) in [6, 6.07) is 7.55. The van der Waals surface area contributed by atoms with Crippen LogP contribution in [0.4, 0.5) is 18.9 Å². The Bertz CT molecular complexity index is 1460. The van der Waals surface area contributed by atoms with E-state index in [0.29, 0.717) is 11.6 Å². The minimum Gasteiger partial charge on any atom is -0.319 e. The molecule has 0 bridgehead atoms. The number of allylic oxidation sites excluding steroid dienone is 1. The molecule has 6 rings (SSSR count).